The summed E-state index contributed by atoms with van der Waals surface area (Å²) in [5.41, 5.74) is 19.8. The molecule has 0 radical (unpaired) electrons. The quantitative estimate of drug-likeness (QED) is 0.155. The predicted molar refractivity (Wildman–Crippen MR) is 237 cm³/mol. The second-order valence-electron chi connectivity index (χ2n) is 14.3. The van der Waals surface area contributed by atoms with Gasteiger partial charge in [-0.15, -0.1) is 0 Å². The van der Waals surface area contributed by atoms with Crippen LogP contribution in [0.2, 0.25) is 0 Å². The first-order chi connectivity index (χ1) is 28.8. The van der Waals surface area contributed by atoms with Crippen LogP contribution in [0.15, 0.2) is 213 Å². The Labute approximate surface area is 337 Å². The molecule has 0 aliphatic rings. The van der Waals surface area contributed by atoms with Crippen LogP contribution in [0, 0.1) is 0 Å². The van der Waals surface area contributed by atoms with Gasteiger partial charge in [0.1, 0.15) is 0 Å². The van der Waals surface area contributed by atoms with E-state index in [0.717, 1.165) is 89.1 Å². The van der Waals surface area contributed by atoms with Crippen molar-refractivity contribution in [3.8, 4) is 100 Å². The number of nitrogens with one attached hydrogen (secondary N) is 2. The van der Waals surface area contributed by atoms with Crippen molar-refractivity contribution in [1.82, 2.24) is 25.4 Å². The van der Waals surface area contributed by atoms with Gasteiger partial charge in [0.2, 0.25) is 0 Å². The van der Waals surface area contributed by atoms with Gasteiger partial charge in [-0.05, 0) is 96.6 Å². The third-order valence-electron chi connectivity index (χ3n) is 10.8. The van der Waals surface area contributed by atoms with Crippen LogP contribution < -0.4 is 0 Å². The molecule has 0 saturated carbocycles. The lowest BCUT2D eigenvalue weighted by molar-refractivity contribution is 1.09. The van der Waals surface area contributed by atoms with Crippen molar-refractivity contribution in [2.75, 3.05) is 0 Å². The standard InChI is InChI=1S/C53H37N5/c1-3-13-36(14-4-1)37-23-25-38(26-24-37)51-30-53(39-15-5-2-6-16-39)54-35-52(51)50-22-12-11-19-47(50)42-28-40(45-17-7-9-20-48(45)43-31-55-56-32-43)27-41(29-42)46-18-8-10-21-49(46)44-33-57-58-34-44/h1-35H,(H,55,56)(H,57,58). The summed E-state index contributed by atoms with van der Waals surface area (Å²) in [4.78, 5) is 5.10. The maximum Gasteiger partial charge on any atom is 0.0708 e. The third-order valence-corrected chi connectivity index (χ3v) is 10.8. The lowest BCUT2D eigenvalue weighted by Crippen LogP contribution is -1.94. The van der Waals surface area contributed by atoms with E-state index in [-0.39, 0.29) is 0 Å². The summed E-state index contributed by atoms with van der Waals surface area (Å²) in [5.74, 6) is 0. The van der Waals surface area contributed by atoms with Gasteiger partial charge in [0.25, 0.3) is 0 Å². The fraction of sp³-hybridized carbons (Fsp3) is 0. The molecule has 0 spiro atoms. The fourth-order valence-corrected chi connectivity index (χ4v) is 7.98. The maximum absolute atomic E-state index is 5.10. The van der Waals surface area contributed by atoms with Crippen LogP contribution >= 0.6 is 0 Å². The summed E-state index contributed by atoms with van der Waals surface area (Å²) in [5, 5.41) is 14.6. The largest absolute Gasteiger partial charge is 0.285 e. The zero-order chi connectivity index (χ0) is 38.7. The molecule has 0 bridgehead atoms. The highest BCUT2D eigenvalue weighted by Crippen LogP contribution is 2.44. The number of hydrogen-bond acceptors (Lipinski definition) is 3. The van der Waals surface area contributed by atoms with Crippen molar-refractivity contribution in [2.45, 2.75) is 0 Å². The second kappa shape index (κ2) is 15.3. The number of H-pyrrole nitrogens is 2. The average Bonchev–Trinajstić information content (AvgIpc) is 4.06. The first-order valence-corrected chi connectivity index (χ1v) is 19.4. The molecule has 2 N–H and O–H groups in total. The van der Waals surface area contributed by atoms with Crippen molar-refractivity contribution < 1.29 is 0 Å². The van der Waals surface area contributed by atoms with Crippen molar-refractivity contribution in [2.24, 2.45) is 0 Å². The second-order valence-corrected chi connectivity index (χ2v) is 14.3. The van der Waals surface area contributed by atoms with Gasteiger partial charge < -0.3 is 0 Å². The molecule has 5 nitrogen and oxygen atoms in total. The third kappa shape index (κ3) is 6.71. The van der Waals surface area contributed by atoms with E-state index in [1.165, 1.54) is 11.1 Å². The molecule has 10 rings (SSSR count). The average molecular weight is 744 g/mol. The predicted octanol–water partition coefficient (Wildman–Crippen LogP) is 13.5. The molecule has 5 heteroatoms. The van der Waals surface area contributed by atoms with Gasteiger partial charge in [-0.3, -0.25) is 15.2 Å². The Morgan fingerprint density at radius 1 is 0.259 bits per heavy atom. The van der Waals surface area contributed by atoms with Crippen molar-refractivity contribution >= 4 is 0 Å². The van der Waals surface area contributed by atoms with Gasteiger partial charge in [-0.2, -0.15) is 10.2 Å². The molecule has 10 aromatic rings. The molecule has 3 aromatic heterocycles. The Kier molecular flexibility index (Phi) is 9.14. The highest BCUT2D eigenvalue weighted by molar-refractivity contribution is 5.96. The van der Waals surface area contributed by atoms with E-state index < -0.39 is 0 Å². The van der Waals surface area contributed by atoms with Crippen molar-refractivity contribution in [1.29, 1.82) is 0 Å². The Morgan fingerprint density at radius 2 is 0.655 bits per heavy atom. The monoisotopic (exact) mass is 743 g/mol. The minimum Gasteiger partial charge on any atom is -0.285 e. The highest BCUT2D eigenvalue weighted by atomic mass is 15.1. The van der Waals surface area contributed by atoms with Crippen molar-refractivity contribution in [3.63, 3.8) is 0 Å². The van der Waals surface area contributed by atoms with E-state index in [1.54, 1.807) is 0 Å². The molecule has 0 amide bonds. The molecular formula is C53H37N5. The number of nitrogens with zero attached hydrogens (tertiary/aromatic N) is 3. The van der Waals surface area contributed by atoms with E-state index in [0.29, 0.717) is 0 Å². The molecule has 0 fully saturated rings. The Hall–Kier alpha value is -7.89. The van der Waals surface area contributed by atoms with E-state index >= 15 is 0 Å². The van der Waals surface area contributed by atoms with Gasteiger partial charge in [-0.1, -0.05) is 158 Å². The zero-order valence-corrected chi connectivity index (χ0v) is 31.5. The Balaban J connectivity index is 1.18. The van der Waals surface area contributed by atoms with Crippen LogP contribution in [0.3, 0.4) is 0 Å². The Morgan fingerprint density at radius 3 is 1.14 bits per heavy atom. The topological polar surface area (TPSA) is 70.2 Å². The SMILES string of the molecule is c1ccc(-c2ccc(-c3cc(-c4ccccc4)ncc3-c3ccccc3-c3cc(-c4ccccc4-c4cn[nH]c4)cc(-c4ccccc4-c4cn[nH]c4)c3)cc2)cc1. The summed E-state index contributed by atoms with van der Waals surface area (Å²) < 4.78 is 0. The number of hydrogen-bond donors (Lipinski definition) is 2. The lowest BCUT2D eigenvalue weighted by atomic mass is 9.85. The summed E-state index contributed by atoms with van der Waals surface area (Å²) >= 11 is 0. The Bertz CT molecular complexity index is 2870. The highest BCUT2D eigenvalue weighted by Gasteiger charge is 2.19. The van der Waals surface area contributed by atoms with E-state index in [4.69, 9.17) is 4.98 Å². The molecular weight excluding hydrogens is 707 g/mol. The number of aromatic nitrogens is 5. The van der Waals surface area contributed by atoms with Crippen LogP contribution in [0.25, 0.3) is 100 Å². The number of pyridine rings is 1. The van der Waals surface area contributed by atoms with Crippen LogP contribution in [-0.2, 0) is 0 Å². The first kappa shape index (κ1) is 34.6. The van der Waals surface area contributed by atoms with Crippen LogP contribution in [-0.4, -0.2) is 25.4 Å². The molecule has 3 heterocycles. The summed E-state index contributed by atoms with van der Waals surface area (Å²) in [6.45, 7) is 0. The molecule has 0 aliphatic heterocycles. The minimum absolute atomic E-state index is 0.931. The van der Waals surface area contributed by atoms with E-state index in [9.17, 15) is 0 Å². The molecule has 58 heavy (non-hydrogen) atoms. The molecule has 0 aliphatic carbocycles. The van der Waals surface area contributed by atoms with Crippen LogP contribution in [0.5, 0.6) is 0 Å². The molecule has 274 valence electrons. The van der Waals surface area contributed by atoms with Gasteiger partial charge in [-0.25, -0.2) is 0 Å². The first-order valence-electron chi connectivity index (χ1n) is 19.4. The normalized spacial score (nSPS) is 11.1. The smallest absolute Gasteiger partial charge is 0.0708 e. The summed E-state index contributed by atoms with van der Waals surface area (Å²) in [6.07, 6.45) is 9.72. The maximum atomic E-state index is 5.10. The molecule has 0 atom stereocenters. The molecule has 0 saturated heterocycles. The van der Waals surface area contributed by atoms with Gasteiger partial charge in [0.15, 0.2) is 0 Å². The number of rotatable bonds is 9. The molecule has 7 aromatic carbocycles. The van der Waals surface area contributed by atoms with Crippen LogP contribution in [0.4, 0.5) is 0 Å². The minimum atomic E-state index is 0.931. The zero-order valence-electron chi connectivity index (χ0n) is 31.5. The van der Waals surface area contributed by atoms with E-state index in [1.807, 2.05) is 30.9 Å². The van der Waals surface area contributed by atoms with E-state index in [2.05, 4.69) is 203 Å². The van der Waals surface area contributed by atoms with Gasteiger partial charge in [0.05, 0.1) is 18.1 Å². The summed E-state index contributed by atoms with van der Waals surface area (Å²) in [7, 11) is 0. The van der Waals surface area contributed by atoms with Crippen molar-refractivity contribution in [3.05, 3.63) is 213 Å². The lowest BCUT2D eigenvalue weighted by Gasteiger charge is -2.19. The van der Waals surface area contributed by atoms with Crippen LogP contribution in [0.1, 0.15) is 0 Å². The van der Waals surface area contributed by atoms with Gasteiger partial charge >= 0.3 is 0 Å². The number of benzene rings is 7. The van der Waals surface area contributed by atoms with Gasteiger partial charge in [0, 0.05) is 40.8 Å². The molecule has 0 unspecified atom stereocenters. The fourth-order valence-electron chi connectivity index (χ4n) is 7.98. The number of aromatic amines is 2. The summed E-state index contributed by atoms with van der Waals surface area (Å²) in [6, 6.07) is 64.8.